The molecule has 5 nitrogen and oxygen atoms in total. The number of rotatable bonds is 2. The number of quaternary nitrogens is 1. The van der Waals surface area contributed by atoms with Gasteiger partial charge in [-0.25, -0.2) is 0 Å². The van der Waals surface area contributed by atoms with Gasteiger partial charge in [-0.15, -0.1) is 0 Å². The number of benzene rings is 1. The number of hydrogen-bond donors (Lipinski definition) is 2. The van der Waals surface area contributed by atoms with Crippen LogP contribution >= 0.6 is 11.6 Å². The number of fused-ring (bicyclic) bond motifs is 1. The average molecular weight is 379 g/mol. The van der Waals surface area contributed by atoms with Gasteiger partial charge in [-0.3, -0.25) is 0 Å². The van der Waals surface area contributed by atoms with E-state index in [0.29, 0.717) is 23.2 Å². The largest absolute Gasteiger partial charge is 0.329 e. The van der Waals surface area contributed by atoms with Crippen molar-refractivity contribution >= 4 is 17.3 Å². The van der Waals surface area contributed by atoms with Crippen LogP contribution in [0.15, 0.2) is 35.9 Å². The van der Waals surface area contributed by atoms with E-state index in [1.807, 2.05) is 24.3 Å². The molecule has 0 spiro atoms. The first-order valence-corrected chi connectivity index (χ1v) is 9.39. The second kappa shape index (κ2) is 7.16. The molecule has 1 heterocycles. The molecule has 2 aliphatic rings. The second-order valence-electron chi connectivity index (χ2n) is 7.54. The van der Waals surface area contributed by atoms with Gasteiger partial charge < -0.3 is 10.3 Å². The van der Waals surface area contributed by atoms with Crippen LogP contribution < -0.4 is 4.90 Å². The molecule has 3 rings (SSSR count). The van der Waals surface area contributed by atoms with Crippen molar-refractivity contribution in [2.75, 3.05) is 13.1 Å². The molecule has 2 unspecified atom stereocenters. The fourth-order valence-electron chi connectivity index (χ4n) is 4.46. The Bertz CT molecular complexity index is 913. The fourth-order valence-corrected chi connectivity index (χ4v) is 4.72. The Morgan fingerprint density at radius 2 is 1.89 bits per heavy atom. The van der Waals surface area contributed by atoms with Crippen molar-refractivity contribution in [3.63, 3.8) is 0 Å². The molecule has 0 aromatic heterocycles. The van der Waals surface area contributed by atoms with Crippen molar-refractivity contribution in [2.45, 2.75) is 25.8 Å². The van der Waals surface area contributed by atoms with Crippen LogP contribution in [0.1, 0.15) is 25.3 Å². The zero-order chi connectivity index (χ0) is 19.8. The lowest BCUT2D eigenvalue weighted by molar-refractivity contribution is -0.920. The molecule has 0 saturated heterocycles. The summed E-state index contributed by atoms with van der Waals surface area (Å²) in [7, 11) is 0. The minimum Gasteiger partial charge on any atom is -0.329 e. The molecule has 0 amide bonds. The maximum Gasteiger partial charge on any atom is 0.190 e. The molecule has 0 bridgehead atoms. The minimum atomic E-state index is -1.70. The molecule has 27 heavy (non-hydrogen) atoms. The highest BCUT2D eigenvalue weighted by Crippen LogP contribution is 2.53. The van der Waals surface area contributed by atoms with Crippen LogP contribution in [0.4, 0.5) is 0 Å². The standard InChI is InChI=1S/C21H20ClN5/c1-13(2)27-8-7-14-16(9-23)20(26)21(11-24,12-25)19(17(14)10-27)15-5-3-4-6-18(15)22/h3-7,13,16-17,19,26H,8,10H2,1-2H3/p+1/t16?,17-,19-/m0/s1. The molecule has 1 saturated carbocycles. The first-order valence-electron chi connectivity index (χ1n) is 9.01. The summed E-state index contributed by atoms with van der Waals surface area (Å²) in [5.74, 6) is -1.59. The Balaban J connectivity index is 2.27. The van der Waals surface area contributed by atoms with Crippen LogP contribution in [0.3, 0.4) is 0 Å². The first kappa shape index (κ1) is 19.1. The molecule has 2 N–H and O–H groups in total. The SMILES string of the molecule is CC(C)[NH+]1CC=C2C(C#N)C(=N)C(C#N)(C#N)[C@@H](c3ccccc3Cl)[C@H]2C1. The molecule has 4 atom stereocenters. The third-order valence-corrected chi connectivity index (χ3v) is 6.31. The zero-order valence-electron chi connectivity index (χ0n) is 15.3. The summed E-state index contributed by atoms with van der Waals surface area (Å²) in [6, 6.07) is 14.0. The molecule has 1 aliphatic heterocycles. The lowest BCUT2D eigenvalue weighted by Gasteiger charge is -2.47. The summed E-state index contributed by atoms with van der Waals surface area (Å²) in [6.07, 6.45) is 2.04. The summed E-state index contributed by atoms with van der Waals surface area (Å²) in [5.41, 5.74) is -0.273. The van der Waals surface area contributed by atoms with Crippen molar-refractivity contribution in [3.05, 3.63) is 46.5 Å². The average Bonchev–Trinajstić information content (AvgIpc) is 2.67. The minimum absolute atomic E-state index is 0.129. The number of hydrogen-bond acceptors (Lipinski definition) is 4. The quantitative estimate of drug-likeness (QED) is 0.773. The van der Waals surface area contributed by atoms with E-state index in [4.69, 9.17) is 17.0 Å². The normalized spacial score (nSPS) is 29.1. The van der Waals surface area contributed by atoms with Crippen LogP contribution in [-0.4, -0.2) is 24.8 Å². The zero-order valence-corrected chi connectivity index (χ0v) is 16.1. The summed E-state index contributed by atoms with van der Waals surface area (Å²) in [4.78, 5) is 1.33. The predicted octanol–water partition coefficient (Wildman–Crippen LogP) is 2.48. The highest BCUT2D eigenvalue weighted by Gasteiger charge is 2.59. The topological polar surface area (TPSA) is 99.7 Å². The highest BCUT2D eigenvalue weighted by atomic mass is 35.5. The molecule has 1 aliphatic carbocycles. The van der Waals surface area contributed by atoms with Crippen molar-refractivity contribution in [1.29, 1.82) is 21.2 Å². The second-order valence-corrected chi connectivity index (χ2v) is 7.95. The fraction of sp³-hybridized carbons (Fsp3) is 0.429. The van der Waals surface area contributed by atoms with Gasteiger partial charge in [0.25, 0.3) is 0 Å². The Morgan fingerprint density at radius 1 is 1.22 bits per heavy atom. The number of nitrogens with one attached hydrogen (secondary N) is 2. The smallest absolute Gasteiger partial charge is 0.190 e. The lowest BCUT2D eigenvalue weighted by Crippen LogP contribution is -3.16. The van der Waals surface area contributed by atoms with E-state index in [1.54, 1.807) is 6.07 Å². The van der Waals surface area contributed by atoms with Crippen LogP contribution in [0, 0.1) is 56.7 Å². The van der Waals surface area contributed by atoms with Gasteiger partial charge in [-0.2, -0.15) is 15.8 Å². The van der Waals surface area contributed by atoms with Gasteiger partial charge in [-0.05, 0) is 37.1 Å². The molecule has 0 radical (unpaired) electrons. The maximum absolute atomic E-state index is 10.0. The van der Waals surface area contributed by atoms with Gasteiger partial charge in [0.15, 0.2) is 5.41 Å². The Hall–Kier alpha value is -2.65. The van der Waals surface area contributed by atoms with Gasteiger partial charge in [0.2, 0.25) is 0 Å². The van der Waals surface area contributed by atoms with Gasteiger partial charge in [-0.1, -0.05) is 29.8 Å². The van der Waals surface area contributed by atoms with E-state index in [1.165, 1.54) is 4.90 Å². The van der Waals surface area contributed by atoms with E-state index in [2.05, 4.69) is 32.1 Å². The van der Waals surface area contributed by atoms with Crippen molar-refractivity contribution in [2.24, 2.45) is 17.3 Å². The van der Waals surface area contributed by atoms with Crippen LogP contribution in [0.2, 0.25) is 5.02 Å². The van der Waals surface area contributed by atoms with Crippen molar-refractivity contribution in [3.8, 4) is 18.2 Å². The van der Waals surface area contributed by atoms with E-state index in [0.717, 1.165) is 12.1 Å². The molecule has 136 valence electrons. The monoisotopic (exact) mass is 378 g/mol. The summed E-state index contributed by atoms with van der Waals surface area (Å²) in [6.45, 7) is 5.74. The van der Waals surface area contributed by atoms with Crippen molar-refractivity contribution in [1.82, 2.24) is 0 Å². The molecular formula is C21H21ClN5+. The Kier molecular flexibility index (Phi) is 5.07. The van der Waals surface area contributed by atoms with Gasteiger partial charge >= 0.3 is 0 Å². The first-order chi connectivity index (χ1) is 12.9. The van der Waals surface area contributed by atoms with E-state index in [9.17, 15) is 15.8 Å². The molecule has 1 fully saturated rings. The third-order valence-electron chi connectivity index (χ3n) is 5.96. The summed E-state index contributed by atoms with van der Waals surface area (Å²) < 4.78 is 0. The Labute approximate surface area is 164 Å². The molecule has 6 heteroatoms. The van der Waals surface area contributed by atoms with Gasteiger partial charge in [0, 0.05) is 16.9 Å². The van der Waals surface area contributed by atoms with Gasteiger partial charge in [0.1, 0.15) is 5.92 Å². The van der Waals surface area contributed by atoms with Crippen molar-refractivity contribution < 1.29 is 4.90 Å². The predicted molar refractivity (Wildman–Crippen MR) is 102 cm³/mol. The van der Waals surface area contributed by atoms with Gasteiger partial charge in [0.05, 0.1) is 43.1 Å². The van der Waals surface area contributed by atoms with E-state index < -0.39 is 17.3 Å². The maximum atomic E-state index is 10.0. The van der Waals surface area contributed by atoms with E-state index >= 15 is 0 Å². The number of nitrogens with zero attached hydrogens (tertiary/aromatic N) is 3. The van der Waals surface area contributed by atoms with Crippen LogP contribution in [0.25, 0.3) is 0 Å². The van der Waals surface area contributed by atoms with Crippen LogP contribution in [0.5, 0.6) is 0 Å². The summed E-state index contributed by atoms with van der Waals surface area (Å²) >= 11 is 6.47. The Morgan fingerprint density at radius 3 is 2.44 bits per heavy atom. The third kappa shape index (κ3) is 2.83. The molecular weight excluding hydrogens is 358 g/mol. The van der Waals surface area contributed by atoms with Crippen LogP contribution in [-0.2, 0) is 0 Å². The number of halogens is 1. The van der Waals surface area contributed by atoms with E-state index in [-0.39, 0.29) is 11.6 Å². The lowest BCUT2D eigenvalue weighted by atomic mass is 9.54. The number of nitriles is 3. The highest BCUT2D eigenvalue weighted by molar-refractivity contribution is 6.31. The summed E-state index contributed by atoms with van der Waals surface area (Å²) in [5, 5.41) is 38.9. The molecule has 1 aromatic carbocycles. The molecule has 1 aromatic rings.